The van der Waals surface area contributed by atoms with Crippen LogP contribution in [0.3, 0.4) is 0 Å². The fraction of sp³-hybridized carbons (Fsp3) is 0. The van der Waals surface area contributed by atoms with Crippen molar-refractivity contribution in [1.82, 2.24) is 9.55 Å². The molecule has 0 unspecified atom stereocenters. The van der Waals surface area contributed by atoms with Crippen LogP contribution in [0.2, 0.25) is 0 Å². The summed E-state index contributed by atoms with van der Waals surface area (Å²) in [4.78, 5) is 5.27. The van der Waals surface area contributed by atoms with E-state index in [1.807, 2.05) is 0 Å². The van der Waals surface area contributed by atoms with E-state index >= 15 is 0 Å². The van der Waals surface area contributed by atoms with Crippen LogP contribution in [0.1, 0.15) is 0 Å². The smallest absolute Gasteiger partial charge is 0.146 e. The molecule has 2 heteroatoms. The van der Waals surface area contributed by atoms with E-state index in [0.717, 1.165) is 28.1 Å². The second-order valence-electron chi connectivity index (χ2n) is 10.7. The summed E-state index contributed by atoms with van der Waals surface area (Å²) in [5, 5.41) is 12.6. The molecule has 41 heavy (non-hydrogen) atoms. The molecular weight excluding hydrogens is 496 g/mol. The summed E-state index contributed by atoms with van der Waals surface area (Å²) in [7, 11) is 0. The molecule has 0 aliphatic carbocycles. The van der Waals surface area contributed by atoms with Crippen molar-refractivity contribution in [3.63, 3.8) is 0 Å². The van der Waals surface area contributed by atoms with Gasteiger partial charge in [-0.05, 0) is 84.2 Å². The molecular formula is C39H24N2. The van der Waals surface area contributed by atoms with Gasteiger partial charge in [0.25, 0.3) is 0 Å². The third-order valence-electron chi connectivity index (χ3n) is 8.54. The van der Waals surface area contributed by atoms with Gasteiger partial charge in [-0.1, -0.05) is 115 Å². The first-order valence-corrected chi connectivity index (χ1v) is 14.1. The van der Waals surface area contributed by atoms with E-state index in [4.69, 9.17) is 4.98 Å². The number of aromatic nitrogens is 2. The topological polar surface area (TPSA) is 17.8 Å². The van der Waals surface area contributed by atoms with Gasteiger partial charge < -0.3 is 0 Å². The Morgan fingerprint density at radius 2 is 0.951 bits per heavy atom. The third kappa shape index (κ3) is 3.16. The van der Waals surface area contributed by atoms with Crippen LogP contribution in [-0.4, -0.2) is 9.55 Å². The lowest BCUT2D eigenvalue weighted by molar-refractivity contribution is 1.11. The van der Waals surface area contributed by atoms with Crippen LogP contribution in [-0.2, 0) is 0 Å². The number of rotatable bonds is 2. The first kappa shape index (κ1) is 22.4. The van der Waals surface area contributed by atoms with Gasteiger partial charge in [-0.25, -0.2) is 4.98 Å². The van der Waals surface area contributed by atoms with Crippen LogP contribution >= 0.6 is 0 Å². The predicted molar refractivity (Wildman–Crippen MR) is 174 cm³/mol. The second kappa shape index (κ2) is 8.51. The molecule has 2 nitrogen and oxygen atoms in total. The lowest BCUT2D eigenvalue weighted by Gasteiger charge is -2.17. The summed E-state index contributed by atoms with van der Waals surface area (Å²) in [6.45, 7) is 0. The molecule has 0 bridgehead atoms. The Hall–Kier alpha value is -5.47. The molecule has 0 radical (unpaired) electrons. The molecule has 0 atom stereocenters. The van der Waals surface area contributed by atoms with Gasteiger partial charge >= 0.3 is 0 Å². The zero-order valence-electron chi connectivity index (χ0n) is 22.3. The summed E-state index contributed by atoms with van der Waals surface area (Å²) >= 11 is 0. The number of para-hydroxylation sites is 3. The zero-order valence-corrected chi connectivity index (χ0v) is 22.3. The SMILES string of the molecule is c1ccc(-n2c(-c3cc4cccc5c6ccccc6c6ccccc6c6cccc3c6c45)nc3ccccc32)cc1. The van der Waals surface area contributed by atoms with Gasteiger partial charge in [-0.2, -0.15) is 0 Å². The Morgan fingerprint density at radius 3 is 1.68 bits per heavy atom. The van der Waals surface area contributed by atoms with Crippen molar-refractivity contribution in [2.45, 2.75) is 0 Å². The lowest BCUT2D eigenvalue weighted by Crippen LogP contribution is -1.98. The minimum absolute atomic E-state index is 0.956. The van der Waals surface area contributed by atoms with Gasteiger partial charge in [0.1, 0.15) is 5.82 Å². The van der Waals surface area contributed by atoms with Crippen LogP contribution in [0.4, 0.5) is 0 Å². The van der Waals surface area contributed by atoms with E-state index in [0.29, 0.717) is 0 Å². The van der Waals surface area contributed by atoms with Crippen molar-refractivity contribution < 1.29 is 0 Å². The standard InChI is InChI=1S/C39H24N2/c1-2-13-26(14-3-1)41-36-23-9-8-22-35(36)40-39(41)34-24-25-12-10-19-31-29-17-6-4-15-27(29)28-16-5-7-18-30(28)32-20-11-21-33(34)38(32)37(25)31/h1-24H. The van der Waals surface area contributed by atoms with Crippen molar-refractivity contribution in [2.24, 2.45) is 0 Å². The van der Waals surface area contributed by atoms with Crippen LogP contribution in [0.25, 0.3) is 82.0 Å². The number of fused-ring (bicyclic) bond motifs is 6. The molecule has 0 aliphatic heterocycles. The highest BCUT2D eigenvalue weighted by Gasteiger charge is 2.20. The van der Waals surface area contributed by atoms with Crippen LogP contribution in [0.5, 0.6) is 0 Å². The van der Waals surface area contributed by atoms with Crippen LogP contribution in [0.15, 0.2) is 146 Å². The number of hydrogen-bond donors (Lipinski definition) is 0. The highest BCUT2D eigenvalue weighted by atomic mass is 15.1. The minimum Gasteiger partial charge on any atom is -0.292 e. The Balaban J connectivity index is 1.56. The van der Waals surface area contributed by atoms with Gasteiger partial charge in [0.2, 0.25) is 0 Å². The first-order chi connectivity index (χ1) is 20.4. The maximum absolute atomic E-state index is 5.27. The quantitative estimate of drug-likeness (QED) is 0.207. The lowest BCUT2D eigenvalue weighted by atomic mass is 9.88. The van der Waals surface area contributed by atoms with Crippen molar-refractivity contribution in [2.75, 3.05) is 0 Å². The van der Waals surface area contributed by atoms with Crippen molar-refractivity contribution in [3.05, 3.63) is 146 Å². The highest BCUT2D eigenvalue weighted by molar-refractivity contribution is 6.34. The predicted octanol–water partition coefficient (Wildman–Crippen LogP) is 10.5. The normalized spacial score (nSPS) is 11.9. The molecule has 1 aromatic heterocycles. The van der Waals surface area contributed by atoms with E-state index in [1.165, 1.54) is 53.9 Å². The molecule has 9 aromatic rings. The molecule has 0 aliphatic rings. The number of imidazole rings is 1. The second-order valence-corrected chi connectivity index (χ2v) is 10.7. The molecule has 0 saturated carbocycles. The maximum atomic E-state index is 5.27. The number of benzene rings is 7. The fourth-order valence-corrected chi connectivity index (χ4v) is 6.83. The molecule has 1 heterocycles. The maximum Gasteiger partial charge on any atom is 0.146 e. The molecule has 190 valence electrons. The fourth-order valence-electron chi connectivity index (χ4n) is 6.83. The minimum atomic E-state index is 0.956. The third-order valence-corrected chi connectivity index (χ3v) is 8.54. The van der Waals surface area contributed by atoms with Crippen LogP contribution < -0.4 is 0 Å². The van der Waals surface area contributed by atoms with Gasteiger partial charge in [-0.3, -0.25) is 4.57 Å². The Kier molecular flexibility index (Phi) is 4.64. The average molecular weight is 521 g/mol. The van der Waals surface area contributed by atoms with E-state index in [9.17, 15) is 0 Å². The monoisotopic (exact) mass is 520 g/mol. The number of nitrogens with zero attached hydrogens (tertiary/aromatic N) is 2. The molecule has 0 amide bonds. The van der Waals surface area contributed by atoms with E-state index in [2.05, 4.69) is 150 Å². The Bertz CT molecular complexity index is 2470. The summed E-state index contributed by atoms with van der Waals surface area (Å²) in [6, 6.07) is 52.5. The zero-order chi connectivity index (χ0) is 26.9. The highest BCUT2D eigenvalue weighted by Crippen LogP contribution is 2.44. The first-order valence-electron chi connectivity index (χ1n) is 14.1. The summed E-state index contributed by atoms with van der Waals surface area (Å²) in [5.74, 6) is 0.956. The van der Waals surface area contributed by atoms with E-state index in [1.54, 1.807) is 0 Å². The molecule has 9 rings (SSSR count). The average Bonchev–Trinajstić information content (AvgIpc) is 3.43. The molecule has 0 N–H and O–H groups in total. The Labute approximate surface area is 236 Å². The molecule has 0 fully saturated rings. The van der Waals surface area contributed by atoms with Gasteiger partial charge in [0, 0.05) is 11.3 Å². The largest absolute Gasteiger partial charge is 0.292 e. The van der Waals surface area contributed by atoms with Gasteiger partial charge in [0.05, 0.1) is 11.0 Å². The van der Waals surface area contributed by atoms with Gasteiger partial charge in [0.15, 0.2) is 0 Å². The van der Waals surface area contributed by atoms with Crippen molar-refractivity contribution in [1.29, 1.82) is 0 Å². The molecule has 8 aromatic carbocycles. The van der Waals surface area contributed by atoms with Crippen LogP contribution in [0, 0.1) is 0 Å². The summed E-state index contributed by atoms with van der Waals surface area (Å²) in [5.41, 5.74) is 4.34. The summed E-state index contributed by atoms with van der Waals surface area (Å²) in [6.07, 6.45) is 0. The Morgan fingerprint density at radius 1 is 0.415 bits per heavy atom. The molecule has 0 saturated heterocycles. The van der Waals surface area contributed by atoms with E-state index < -0.39 is 0 Å². The molecule has 0 spiro atoms. The van der Waals surface area contributed by atoms with Crippen molar-refractivity contribution in [3.8, 4) is 17.1 Å². The number of hydrogen-bond acceptors (Lipinski definition) is 1. The van der Waals surface area contributed by atoms with Gasteiger partial charge in [-0.15, -0.1) is 0 Å². The summed E-state index contributed by atoms with van der Waals surface area (Å²) < 4.78 is 2.31. The van der Waals surface area contributed by atoms with Crippen molar-refractivity contribution >= 4 is 64.9 Å². The van der Waals surface area contributed by atoms with E-state index in [-0.39, 0.29) is 0 Å².